The molecule has 2 aromatic rings. The van der Waals surface area contributed by atoms with Crippen molar-refractivity contribution >= 4 is 28.7 Å². The fourth-order valence-corrected chi connectivity index (χ4v) is 2.56. The molecule has 0 radical (unpaired) electrons. The number of anilines is 1. The topological polar surface area (TPSA) is 59.1 Å². The Hall–Kier alpha value is -2.01. The first-order chi connectivity index (χ1) is 8.97. The molecule has 1 heterocycles. The van der Waals surface area contributed by atoms with Crippen LogP contribution in [0.15, 0.2) is 24.3 Å². The number of hydrogen-bond acceptors (Lipinski definition) is 4. The minimum absolute atomic E-state index is 0.0308. The van der Waals surface area contributed by atoms with E-state index in [1.54, 1.807) is 24.3 Å². The maximum absolute atomic E-state index is 12.1. The molecule has 0 spiro atoms. The number of carbonyl (C=O) groups excluding carboxylic acids is 2. The molecule has 0 unspecified atom stereocenters. The molecular formula is C14H14N2O2S. The number of aryl methyl sites for hydroxylation is 2. The number of aromatic nitrogens is 1. The van der Waals surface area contributed by atoms with Crippen LogP contribution in [-0.4, -0.2) is 16.7 Å². The molecule has 0 bridgehead atoms. The molecule has 0 saturated carbocycles. The number of Topliss-reactive ketones (excluding diaryl/α,β-unsaturated/α-hetero) is 1. The molecule has 0 atom stereocenters. The third kappa shape index (κ3) is 3.06. The third-order valence-corrected chi connectivity index (χ3v) is 3.53. The van der Waals surface area contributed by atoms with Crippen LogP contribution < -0.4 is 5.32 Å². The van der Waals surface area contributed by atoms with Gasteiger partial charge in [-0.05, 0) is 32.9 Å². The standard InChI is InChI=1S/C14H14N2O2S/c1-8(17)11-5-4-6-12(7-11)16-14(18)13-9(2)19-10(3)15-13/h4-7H,1-3H3,(H,16,18). The fourth-order valence-electron chi connectivity index (χ4n) is 1.75. The number of carbonyl (C=O) groups is 2. The summed E-state index contributed by atoms with van der Waals surface area (Å²) in [6.07, 6.45) is 0. The monoisotopic (exact) mass is 274 g/mol. The number of amides is 1. The van der Waals surface area contributed by atoms with Gasteiger partial charge in [-0.15, -0.1) is 11.3 Å². The van der Waals surface area contributed by atoms with Crippen molar-refractivity contribution in [1.82, 2.24) is 4.98 Å². The fraction of sp³-hybridized carbons (Fsp3) is 0.214. The highest BCUT2D eigenvalue weighted by molar-refractivity contribution is 7.11. The second-order valence-electron chi connectivity index (χ2n) is 4.23. The van der Waals surface area contributed by atoms with Crippen molar-refractivity contribution in [1.29, 1.82) is 0 Å². The molecule has 4 nitrogen and oxygen atoms in total. The molecular weight excluding hydrogens is 260 g/mol. The number of nitrogens with zero attached hydrogens (tertiary/aromatic N) is 1. The molecule has 1 N–H and O–H groups in total. The van der Waals surface area contributed by atoms with Crippen LogP contribution in [0.3, 0.4) is 0 Å². The number of hydrogen-bond donors (Lipinski definition) is 1. The second kappa shape index (κ2) is 5.32. The van der Waals surface area contributed by atoms with Gasteiger partial charge in [0.1, 0.15) is 5.69 Å². The van der Waals surface area contributed by atoms with E-state index in [0.29, 0.717) is 16.9 Å². The molecule has 0 aliphatic carbocycles. The highest BCUT2D eigenvalue weighted by atomic mass is 32.1. The van der Waals surface area contributed by atoms with Crippen molar-refractivity contribution in [2.24, 2.45) is 0 Å². The summed E-state index contributed by atoms with van der Waals surface area (Å²) in [6, 6.07) is 6.87. The second-order valence-corrected chi connectivity index (χ2v) is 5.64. The van der Waals surface area contributed by atoms with E-state index < -0.39 is 0 Å². The summed E-state index contributed by atoms with van der Waals surface area (Å²) in [6.45, 7) is 5.23. The Balaban J connectivity index is 2.21. The number of rotatable bonds is 3. The lowest BCUT2D eigenvalue weighted by molar-refractivity contribution is 0.100. The summed E-state index contributed by atoms with van der Waals surface area (Å²) in [5, 5.41) is 3.62. The molecule has 0 fully saturated rings. The Morgan fingerprint density at radius 1 is 1.26 bits per heavy atom. The van der Waals surface area contributed by atoms with Gasteiger partial charge >= 0.3 is 0 Å². The summed E-state index contributed by atoms with van der Waals surface area (Å²) in [4.78, 5) is 28.5. The number of ketones is 1. The molecule has 19 heavy (non-hydrogen) atoms. The van der Waals surface area contributed by atoms with Gasteiger partial charge in [0.2, 0.25) is 0 Å². The largest absolute Gasteiger partial charge is 0.321 e. The van der Waals surface area contributed by atoms with Gasteiger partial charge in [0.05, 0.1) is 5.01 Å². The number of thiazole rings is 1. The van der Waals surface area contributed by atoms with Gasteiger partial charge in [0.25, 0.3) is 5.91 Å². The van der Waals surface area contributed by atoms with E-state index in [0.717, 1.165) is 9.88 Å². The molecule has 1 aromatic heterocycles. The Labute approximate surface area is 115 Å². The lowest BCUT2D eigenvalue weighted by atomic mass is 10.1. The molecule has 5 heteroatoms. The van der Waals surface area contributed by atoms with Crippen molar-refractivity contribution in [3.8, 4) is 0 Å². The van der Waals surface area contributed by atoms with E-state index in [9.17, 15) is 9.59 Å². The zero-order chi connectivity index (χ0) is 14.0. The van der Waals surface area contributed by atoms with Gasteiger partial charge in [-0.3, -0.25) is 9.59 Å². The third-order valence-electron chi connectivity index (χ3n) is 2.65. The maximum Gasteiger partial charge on any atom is 0.275 e. The van der Waals surface area contributed by atoms with Crippen LogP contribution in [-0.2, 0) is 0 Å². The Morgan fingerprint density at radius 3 is 2.58 bits per heavy atom. The summed E-state index contributed by atoms with van der Waals surface area (Å²) in [5.74, 6) is -0.278. The molecule has 0 aliphatic heterocycles. The average molecular weight is 274 g/mol. The van der Waals surface area contributed by atoms with Gasteiger partial charge in [0.15, 0.2) is 5.78 Å². The zero-order valence-electron chi connectivity index (χ0n) is 11.0. The molecule has 1 amide bonds. The lowest BCUT2D eigenvalue weighted by Gasteiger charge is -2.05. The van der Waals surface area contributed by atoms with Crippen LogP contribution in [0.4, 0.5) is 5.69 Å². The van der Waals surface area contributed by atoms with Crippen LogP contribution >= 0.6 is 11.3 Å². The van der Waals surface area contributed by atoms with Crippen LogP contribution in [0, 0.1) is 13.8 Å². The maximum atomic E-state index is 12.1. The SMILES string of the molecule is CC(=O)c1cccc(NC(=O)c2nc(C)sc2C)c1. The van der Waals surface area contributed by atoms with E-state index in [-0.39, 0.29) is 11.7 Å². The van der Waals surface area contributed by atoms with Gasteiger partial charge in [-0.1, -0.05) is 12.1 Å². The molecule has 0 aliphatic rings. The predicted molar refractivity (Wildman–Crippen MR) is 76.0 cm³/mol. The number of nitrogens with one attached hydrogen (secondary N) is 1. The average Bonchev–Trinajstić information content (AvgIpc) is 2.69. The molecule has 98 valence electrons. The van der Waals surface area contributed by atoms with Crippen LogP contribution in [0.1, 0.15) is 37.7 Å². The van der Waals surface area contributed by atoms with E-state index in [2.05, 4.69) is 10.3 Å². The Kier molecular flexibility index (Phi) is 3.76. The summed E-state index contributed by atoms with van der Waals surface area (Å²) in [5.41, 5.74) is 1.61. The van der Waals surface area contributed by atoms with Crippen molar-refractivity contribution in [3.63, 3.8) is 0 Å². The predicted octanol–water partition coefficient (Wildman–Crippen LogP) is 3.21. The summed E-state index contributed by atoms with van der Waals surface area (Å²) >= 11 is 1.49. The molecule has 1 aromatic carbocycles. The number of benzene rings is 1. The minimum atomic E-state index is -0.248. The van der Waals surface area contributed by atoms with Crippen LogP contribution in [0.25, 0.3) is 0 Å². The van der Waals surface area contributed by atoms with Gasteiger partial charge in [-0.2, -0.15) is 0 Å². The first kappa shape index (κ1) is 13.4. The first-order valence-electron chi connectivity index (χ1n) is 5.84. The van der Waals surface area contributed by atoms with Gasteiger partial charge < -0.3 is 5.32 Å². The van der Waals surface area contributed by atoms with Crippen molar-refractivity contribution in [3.05, 3.63) is 45.4 Å². The first-order valence-corrected chi connectivity index (χ1v) is 6.65. The highest BCUT2D eigenvalue weighted by Crippen LogP contribution is 2.18. The van der Waals surface area contributed by atoms with Crippen molar-refractivity contribution in [2.75, 3.05) is 5.32 Å². The Morgan fingerprint density at radius 2 is 2.00 bits per heavy atom. The highest BCUT2D eigenvalue weighted by Gasteiger charge is 2.14. The smallest absolute Gasteiger partial charge is 0.275 e. The summed E-state index contributed by atoms with van der Waals surface area (Å²) < 4.78 is 0. The van der Waals surface area contributed by atoms with Gasteiger partial charge in [-0.25, -0.2) is 4.98 Å². The molecule has 0 saturated heterocycles. The summed E-state index contributed by atoms with van der Waals surface area (Å²) in [7, 11) is 0. The van der Waals surface area contributed by atoms with Crippen LogP contribution in [0.5, 0.6) is 0 Å². The quantitative estimate of drug-likeness (QED) is 0.874. The van der Waals surface area contributed by atoms with Crippen LogP contribution in [0.2, 0.25) is 0 Å². The van der Waals surface area contributed by atoms with E-state index in [1.807, 2.05) is 13.8 Å². The van der Waals surface area contributed by atoms with E-state index in [1.165, 1.54) is 18.3 Å². The van der Waals surface area contributed by atoms with Gasteiger partial charge in [0, 0.05) is 16.1 Å². The van der Waals surface area contributed by atoms with Crippen molar-refractivity contribution < 1.29 is 9.59 Å². The minimum Gasteiger partial charge on any atom is -0.321 e. The molecule has 2 rings (SSSR count). The normalized spacial score (nSPS) is 10.3. The zero-order valence-corrected chi connectivity index (χ0v) is 11.8. The lowest BCUT2D eigenvalue weighted by Crippen LogP contribution is -2.13. The van der Waals surface area contributed by atoms with E-state index >= 15 is 0 Å². The Bertz CT molecular complexity index is 647. The van der Waals surface area contributed by atoms with E-state index in [4.69, 9.17) is 0 Å². The van der Waals surface area contributed by atoms with Crippen molar-refractivity contribution in [2.45, 2.75) is 20.8 Å².